The minimum Gasteiger partial charge on any atom is -0.370 e. The van der Waals surface area contributed by atoms with Crippen molar-refractivity contribution in [1.29, 1.82) is 0 Å². The Morgan fingerprint density at radius 3 is 2.90 bits per heavy atom. The fourth-order valence-corrected chi connectivity index (χ4v) is 1.44. The van der Waals surface area contributed by atoms with Crippen molar-refractivity contribution in [2.45, 2.75) is 19.8 Å². The van der Waals surface area contributed by atoms with Gasteiger partial charge in [0, 0.05) is 13.0 Å². The maximum Gasteiger partial charge on any atom is 0.218 e. The molecule has 1 unspecified atom stereocenters. The molecule has 1 rings (SSSR count). The van der Waals surface area contributed by atoms with E-state index in [0.29, 0.717) is 6.42 Å². The highest BCUT2D eigenvalue weighted by Crippen LogP contribution is 2.27. The number of amides is 1. The Morgan fingerprint density at radius 2 is 2.50 bits per heavy atom. The zero-order valence-electron chi connectivity index (χ0n) is 6.31. The van der Waals surface area contributed by atoms with Gasteiger partial charge in [0.25, 0.3) is 0 Å². The van der Waals surface area contributed by atoms with Gasteiger partial charge in [0.1, 0.15) is 0 Å². The summed E-state index contributed by atoms with van der Waals surface area (Å²) in [5, 5.41) is 3.21. The van der Waals surface area contributed by atoms with Crippen LogP contribution >= 0.6 is 0 Å². The first-order valence-electron chi connectivity index (χ1n) is 3.61. The fourth-order valence-electron chi connectivity index (χ4n) is 1.44. The lowest BCUT2D eigenvalue weighted by molar-refractivity contribution is -0.119. The molecule has 1 aliphatic rings. The molecule has 0 spiro atoms. The highest BCUT2D eigenvalue weighted by Gasteiger charge is 2.29. The van der Waals surface area contributed by atoms with E-state index in [-0.39, 0.29) is 11.3 Å². The van der Waals surface area contributed by atoms with Crippen LogP contribution in [-0.4, -0.2) is 19.0 Å². The summed E-state index contributed by atoms with van der Waals surface area (Å²) in [6, 6.07) is 0. The summed E-state index contributed by atoms with van der Waals surface area (Å²) < 4.78 is 0. The van der Waals surface area contributed by atoms with Crippen molar-refractivity contribution in [2.24, 2.45) is 11.1 Å². The summed E-state index contributed by atoms with van der Waals surface area (Å²) in [6.45, 7) is 4.04. The Balaban J connectivity index is 2.43. The molecule has 58 valence electrons. The lowest BCUT2D eigenvalue weighted by Gasteiger charge is -2.19. The maximum atomic E-state index is 10.6. The SMILES string of the molecule is CC1(CC(N)=O)CCNC1. The first kappa shape index (κ1) is 7.54. The molecule has 3 heteroatoms. The first-order chi connectivity index (χ1) is 4.62. The summed E-state index contributed by atoms with van der Waals surface area (Å²) in [6.07, 6.45) is 1.58. The van der Waals surface area contributed by atoms with Gasteiger partial charge >= 0.3 is 0 Å². The first-order valence-corrected chi connectivity index (χ1v) is 3.61. The van der Waals surface area contributed by atoms with E-state index < -0.39 is 0 Å². The number of carbonyl (C=O) groups excluding carboxylic acids is 1. The van der Waals surface area contributed by atoms with Crippen LogP contribution in [0.3, 0.4) is 0 Å². The third-order valence-electron chi connectivity index (χ3n) is 2.06. The van der Waals surface area contributed by atoms with E-state index in [0.717, 1.165) is 19.5 Å². The molecule has 1 saturated heterocycles. The normalized spacial score (nSPS) is 32.5. The maximum absolute atomic E-state index is 10.6. The highest BCUT2D eigenvalue weighted by atomic mass is 16.1. The summed E-state index contributed by atoms with van der Waals surface area (Å²) in [4.78, 5) is 10.6. The van der Waals surface area contributed by atoms with Crippen molar-refractivity contribution in [3.63, 3.8) is 0 Å². The van der Waals surface area contributed by atoms with E-state index >= 15 is 0 Å². The molecular formula is C7H14N2O. The number of primary amides is 1. The zero-order valence-corrected chi connectivity index (χ0v) is 6.31. The van der Waals surface area contributed by atoms with Crippen molar-refractivity contribution in [3.05, 3.63) is 0 Å². The Labute approximate surface area is 61.0 Å². The predicted molar refractivity (Wildman–Crippen MR) is 39.4 cm³/mol. The second-order valence-corrected chi connectivity index (χ2v) is 3.38. The van der Waals surface area contributed by atoms with Gasteiger partial charge in [0.05, 0.1) is 0 Å². The van der Waals surface area contributed by atoms with Crippen LogP contribution in [-0.2, 0) is 4.79 Å². The standard InChI is InChI=1S/C7H14N2O/c1-7(4-6(8)10)2-3-9-5-7/h9H,2-5H2,1H3,(H2,8,10). The van der Waals surface area contributed by atoms with Gasteiger partial charge in [-0.3, -0.25) is 4.79 Å². The molecule has 10 heavy (non-hydrogen) atoms. The fraction of sp³-hybridized carbons (Fsp3) is 0.857. The Morgan fingerprint density at radius 1 is 1.80 bits per heavy atom. The second-order valence-electron chi connectivity index (χ2n) is 3.38. The molecule has 1 fully saturated rings. The van der Waals surface area contributed by atoms with Crippen molar-refractivity contribution in [1.82, 2.24) is 5.32 Å². The lowest BCUT2D eigenvalue weighted by atomic mass is 9.86. The Bertz CT molecular complexity index is 139. The van der Waals surface area contributed by atoms with Gasteiger partial charge in [-0.1, -0.05) is 6.92 Å². The van der Waals surface area contributed by atoms with E-state index in [1.807, 2.05) is 0 Å². The van der Waals surface area contributed by atoms with Crippen LogP contribution in [0.5, 0.6) is 0 Å². The van der Waals surface area contributed by atoms with Crippen LogP contribution in [0.15, 0.2) is 0 Å². The zero-order chi connectivity index (χ0) is 7.61. The molecule has 0 aromatic rings. The van der Waals surface area contributed by atoms with Crippen molar-refractivity contribution >= 4 is 5.91 Å². The molecule has 1 aliphatic heterocycles. The van der Waals surface area contributed by atoms with Gasteiger partial charge in [0.2, 0.25) is 5.91 Å². The molecule has 3 nitrogen and oxygen atoms in total. The van der Waals surface area contributed by atoms with E-state index in [9.17, 15) is 4.79 Å². The lowest BCUT2D eigenvalue weighted by Crippen LogP contribution is -2.27. The average Bonchev–Trinajstić information content (AvgIpc) is 2.12. The summed E-state index contributed by atoms with van der Waals surface area (Å²) >= 11 is 0. The number of rotatable bonds is 2. The Hall–Kier alpha value is -0.570. The minimum atomic E-state index is -0.189. The van der Waals surface area contributed by atoms with Crippen molar-refractivity contribution in [3.8, 4) is 0 Å². The van der Waals surface area contributed by atoms with E-state index in [1.54, 1.807) is 0 Å². The molecule has 1 amide bonds. The third-order valence-corrected chi connectivity index (χ3v) is 2.06. The number of hydrogen-bond donors (Lipinski definition) is 2. The van der Waals surface area contributed by atoms with Gasteiger partial charge in [-0.15, -0.1) is 0 Å². The number of nitrogens with one attached hydrogen (secondary N) is 1. The van der Waals surface area contributed by atoms with Gasteiger partial charge in [-0.2, -0.15) is 0 Å². The molecule has 0 saturated carbocycles. The summed E-state index contributed by atoms with van der Waals surface area (Å²) in [5.74, 6) is -0.189. The van der Waals surface area contributed by atoms with Crippen molar-refractivity contribution in [2.75, 3.05) is 13.1 Å². The quantitative estimate of drug-likeness (QED) is 0.564. The monoisotopic (exact) mass is 142 g/mol. The molecule has 0 aromatic carbocycles. The summed E-state index contributed by atoms with van der Waals surface area (Å²) in [7, 11) is 0. The van der Waals surface area contributed by atoms with Gasteiger partial charge in [-0.05, 0) is 18.4 Å². The van der Waals surface area contributed by atoms with Crippen LogP contribution in [0.1, 0.15) is 19.8 Å². The average molecular weight is 142 g/mol. The van der Waals surface area contributed by atoms with Crippen LogP contribution in [0.2, 0.25) is 0 Å². The summed E-state index contributed by atoms with van der Waals surface area (Å²) in [5.41, 5.74) is 5.22. The van der Waals surface area contributed by atoms with E-state index in [2.05, 4.69) is 12.2 Å². The molecular weight excluding hydrogens is 128 g/mol. The molecule has 0 aromatic heterocycles. The third kappa shape index (κ3) is 1.70. The largest absolute Gasteiger partial charge is 0.370 e. The van der Waals surface area contributed by atoms with Gasteiger partial charge < -0.3 is 11.1 Å². The number of nitrogens with two attached hydrogens (primary N) is 1. The number of carbonyl (C=O) groups is 1. The van der Waals surface area contributed by atoms with Crippen LogP contribution < -0.4 is 11.1 Å². The van der Waals surface area contributed by atoms with Crippen molar-refractivity contribution < 1.29 is 4.79 Å². The van der Waals surface area contributed by atoms with Crippen LogP contribution in [0.25, 0.3) is 0 Å². The highest BCUT2D eigenvalue weighted by molar-refractivity contribution is 5.74. The van der Waals surface area contributed by atoms with Crippen LogP contribution in [0, 0.1) is 5.41 Å². The smallest absolute Gasteiger partial charge is 0.218 e. The Kier molecular flexibility index (Phi) is 1.94. The van der Waals surface area contributed by atoms with Crippen LogP contribution in [0.4, 0.5) is 0 Å². The van der Waals surface area contributed by atoms with E-state index in [1.165, 1.54) is 0 Å². The molecule has 0 bridgehead atoms. The minimum absolute atomic E-state index is 0.131. The predicted octanol–water partition coefficient (Wildman–Crippen LogP) is -0.139. The topological polar surface area (TPSA) is 55.1 Å². The van der Waals surface area contributed by atoms with Gasteiger partial charge in [-0.25, -0.2) is 0 Å². The molecule has 1 heterocycles. The second kappa shape index (κ2) is 2.58. The number of hydrogen-bond acceptors (Lipinski definition) is 2. The molecule has 3 N–H and O–H groups in total. The molecule has 0 radical (unpaired) electrons. The molecule has 1 atom stereocenters. The molecule has 0 aliphatic carbocycles. The van der Waals surface area contributed by atoms with Gasteiger partial charge in [0.15, 0.2) is 0 Å². The van der Waals surface area contributed by atoms with E-state index in [4.69, 9.17) is 5.73 Å².